The molecule has 0 spiro atoms. The SMILES string of the molecule is O=C1OC(Cc2ccc(OCc3csc(/C=C/c4ccccc4)n3)cc2)C(=O)N1Cc1csc(/C=C/c2ccccc2)n1. The van der Waals surface area contributed by atoms with Gasteiger partial charge in [0.2, 0.25) is 0 Å². The number of rotatable bonds is 11. The fraction of sp³-hybridized carbons (Fsp3) is 0.118. The van der Waals surface area contributed by atoms with Crippen molar-refractivity contribution >= 4 is 59.0 Å². The summed E-state index contributed by atoms with van der Waals surface area (Å²) in [5.74, 6) is 0.329. The van der Waals surface area contributed by atoms with Gasteiger partial charge in [-0.1, -0.05) is 84.9 Å². The molecule has 1 fully saturated rings. The molecule has 3 aromatic carbocycles. The lowest BCUT2D eigenvalue weighted by molar-refractivity contribution is -0.130. The van der Waals surface area contributed by atoms with Crippen molar-refractivity contribution in [1.82, 2.24) is 14.9 Å². The van der Waals surface area contributed by atoms with Gasteiger partial charge in [0.05, 0.1) is 17.9 Å². The highest BCUT2D eigenvalue weighted by Gasteiger charge is 2.40. The van der Waals surface area contributed by atoms with Crippen LogP contribution in [-0.2, 0) is 29.1 Å². The number of hydrogen-bond acceptors (Lipinski definition) is 8. The van der Waals surface area contributed by atoms with Gasteiger partial charge in [-0.15, -0.1) is 22.7 Å². The van der Waals surface area contributed by atoms with Gasteiger partial charge < -0.3 is 9.47 Å². The van der Waals surface area contributed by atoms with Gasteiger partial charge in [-0.2, -0.15) is 0 Å². The molecule has 214 valence electrons. The lowest BCUT2D eigenvalue weighted by atomic mass is 10.1. The molecule has 0 aliphatic carbocycles. The topological polar surface area (TPSA) is 81.6 Å². The first kappa shape index (κ1) is 28.3. The van der Waals surface area contributed by atoms with Gasteiger partial charge in [-0.3, -0.25) is 4.79 Å². The summed E-state index contributed by atoms with van der Waals surface area (Å²) in [5, 5.41) is 5.55. The van der Waals surface area contributed by atoms with Crippen LogP contribution in [0.1, 0.15) is 38.1 Å². The van der Waals surface area contributed by atoms with E-state index in [1.165, 1.54) is 11.3 Å². The summed E-state index contributed by atoms with van der Waals surface area (Å²) in [5.41, 5.74) is 4.55. The van der Waals surface area contributed by atoms with E-state index in [4.69, 9.17) is 9.47 Å². The quantitative estimate of drug-likeness (QED) is 0.154. The van der Waals surface area contributed by atoms with Crippen molar-refractivity contribution in [2.75, 3.05) is 0 Å². The standard InChI is InChI=1S/C34H27N3O4S2/c38-33-30(41-34(39)37(33)20-27-22-42-31(35-27)17-13-24-7-3-1-4-8-24)19-26-11-15-29(16-12-26)40-21-28-23-43-32(36-28)18-14-25-9-5-2-6-10-25/h1-18,22-23,30H,19-21H2/b17-13+,18-14+. The second-order valence-electron chi connectivity index (χ2n) is 9.78. The highest BCUT2D eigenvalue weighted by atomic mass is 32.1. The van der Waals surface area contributed by atoms with E-state index in [0.717, 1.165) is 37.3 Å². The van der Waals surface area contributed by atoms with Crippen molar-refractivity contribution in [2.24, 2.45) is 0 Å². The zero-order valence-electron chi connectivity index (χ0n) is 23.0. The van der Waals surface area contributed by atoms with Crippen LogP contribution in [0, 0.1) is 0 Å². The molecule has 43 heavy (non-hydrogen) atoms. The first-order valence-corrected chi connectivity index (χ1v) is 15.4. The maximum absolute atomic E-state index is 13.0. The van der Waals surface area contributed by atoms with Crippen LogP contribution in [0.4, 0.5) is 4.79 Å². The summed E-state index contributed by atoms with van der Waals surface area (Å²) >= 11 is 3.02. The van der Waals surface area contributed by atoms with Crippen LogP contribution in [0.15, 0.2) is 95.7 Å². The number of thiazole rings is 2. The Morgan fingerprint density at radius 3 is 1.95 bits per heavy atom. The Morgan fingerprint density at radius 1 is 0.744 bits per heavy atom. The highest BCUT2D eigenvalue weighted by Crippen LogP contribution is 2.23. The number of nitrogens with zero attached hydrogens (tertiary/aromatic N) is 3. The molecule has 1 unspecified atom stereocenters. The van der Waals surface area contributed by atoms with Gasteiger partial charge in [0.1, 0.15) is 22.4 Å². The summed E-state index contributed by atoms with van der Waals surface area (Å²) in [6, 6.07) is 27.5. The third kappa shape index (κ3) is 7.51. The molecule has 0 radical (unpaired) electrons. The molecule has 0 bridgehead atoms. The van der Waals surface area contributed by atoms with Gasteiger partial charge in [0.25, 0.3) is 5.91 Å². The predicted molar refractivity (Wildman–Crippen MR) is 170 cm³/mol. The number of ether oxygens (including phenoxy) is 2. The molecule has 0 N–H and O–H groups in total. The minimum absolute atomic E-state index is 0.0804. The molecule has 2 aromatic heterocycles. The number of hydrogen-bond donors (Lipinski definition) is 0. The molecule has 6 rings (SSSR count). The Hall–Kier alpha value is -4.86. The van der Waals surface area contributed by atoms with Crippen LogP contribution in [0.5, 0.6) is 5.75 Å². The van der Waals surface area contributed by atoms with E-state index in [1.807, 2.05) is 120 Å². The Kier molecular flexibility index (Phi) is 8.82. The number of carbonyl (C=O) groups is 2. The van der Waals surface area contributed by atoms with E-state index in [0.29, 0.717) is 18.1 Å². The maximum Gasteiger partial charge on any atom is 0.417 e. The van der Waals surface area contributed by atoms with Crippen molar-refractivity contribution in [2.45, 2.75) is 25.7 Å². The molecule has 2 amide bonds. The fourth-order valence-corrected chi connectivity index (χ4v) is 5.82. The Balaban J connectivity index is 0.988. The Bertz CT molecular complexity index is 1750. The minimum atomic E-state index is -0.868. The zero-order chi connectivity index (χ0) is 29.4. The maximum atomic E-state index is 13.0. The summed E-state index contributed by atoms with van der Waals surface area (Å²) in [6.45, 7) is 0.431. The van der Waals surface area contributed by atoms with Crippen LogP contribution in [0.25, 0.3) is 24.3 Å². The average molecular weight is 606 g/mol. The molecule has 1 atom stereocenters. The van der Waals surface area contributed by atoms with Crippen molar-refractivity contribution in [3.05, 3.63) is 134 Å². The lowest BCUT2D eigenvalue weighted by Gasteiger charge is -2.10. The normalized spacial score (nSPS) is 15.1. The molecule has 0 saturated carbocycles. The van der Waals surface area contributed by atoms with Gasteiger partial charge >= 0.3 is 6.09 Å². The predicted octanol–water partition coefficient (Wildman–Crippen LogP) is 7.61. The number of cyclic esters (lactones) is 1. The molecule has 7 nitrogen and oxygen atoms in total. The molecule has 3 heterocycles. The molecule has 9 heteroatoms. The molecule has 1 saturated heterocycles. The summed E-state index contributed by atoms with van der Waals surface area (Å²) in [7, 11) is 0. The van der Waals surface area contributed by atoms with Gasteiger partial charge in [0, 0.05) is 17.2 Å². The van der Waals surface area contributed by atoms with Crippen molar-refractivity contribution in [1.29, 1.82) is 0 Å². The third-order valence-electron chi connectivity index (χ3n) is 6.63. The third-order valence-corrected chi connectivity index (χ3v) is 8.35. The van der Waals surface area contributed by atoms with Crippen LogP contribution in [0.3, 0.4) is 0 Å². The molecular weight excluding hydrogens is 579 g/mol. The number of benzene rings is 3. The molecule has 1 aliphatic rings. The monoisotopic (exact) mass is 605 g/mol. The van der Waals surface area contributed by atoms with Crippen LogP contribution in [0.2, 0.25) is 0 Å². The number of imide groups is 1. The fourth-order valence-electron chi connectivity index (χ4n) is 4.43. The highest BCUT2D eigenvalue weighted by molar-refractivity contribution is 7.10. The van der Waals surface area contributed by atoms with Gasteiger partial charge in [-0.25, -0.2) is 19.7 Å². The van der Waals surface area contributed by atoms with E-state index in [-0.39, 0.29) is 18.9 Å². The lowest BCUT2D eigenvalue weighted by Crippen LogP contribution is -2.31. The van der Waals surface area contributed by atoms with Crippen molar-refractivity contribution in [3.8, 4) is 5.75 Å². The van der Waals surface area contributed by atoms with Crippen molar-refractivity contribution in [3.63, 3.8) is 0 Å². The first-order valence-electron chi connectivity index (χ1n) is 13.7. The van der Waals surface area contributed by atoms with Gasteiger partial charge in [-0.05, 0) is 41.0 Å². The van der Waals surface area contributed by atoms with E-state index in [9.17, 15) is 9.59 Å². The largest absolute Gasteiger partial charge is 0.487 e. The van der Waals surface area contributed by atoms with E-state index < -0.39 is 12.2 Å². The van der Waals surface area contributed by atoms with E-state index >= 15 is 0 Å². The average Bonchev–Trinajstić information content (AvgIpc) is 3.76. The zero-order valence-corrected chi connectivity index (χ0v) is 24.7. The molecular formula is C34H27N3O4S2. The van der Waals surface area contributed by atoms with Crippen molar-refractivity contribution < 1.29 is 19.1 Å². The summed E-state index contributed by atoms with van der Waals surface area (Å²) in [4.78, 5) is 35.8. The van der Waals surface area contributed by atoms with Gasteiger partial charge in [0.15, 0.2) is 6.10 Å². The summed E-state index contributed by atoms with van der Waals surface area (Å²) < 4.78 is 11.3. The van der Waals surface area contributed by atoms with Crippen LogP contribution in [-0.4, -0.2) is 33.0 Å². The number of amides is 2. The Morgan fingerprint density at radius 2 is 1.33 bits per heavy atom. The van der Waals surface area contributed by atoms with E-state index in [1.54, 1.807) is 11.3 Å². The number of aromatic nitrogens is 2. The molecule has 5 aromatic rings. The number of carbonyl (C=O) groups excluding carboxylic acids is 2. The molecule has 1 aliphatic heterocycles. The smallest absolute Gasteiger partial charge is 0.417 e. The summed E-state index contributed by atoms with van der Waals surface area (Å²) in [6.07, 6.45) is 6.70. The second-order valence-corrected chi connectivity index (χ2v) is 11.6. The second kappa shape index (κ2) is 13.4. The minimum Gasteiger partial charge on any atom is -0.487 e. The van der Waals surface area contributed by atoms with Crippen LogP contribution >= 0.6 is 22.7 Å². The van der Waals surface area contributed by atoms with E-state index in [2.05, 4.69) is 9.97 Å². The first-order chi connectivity index (χ1) is 21.1. The Labute approximate surface area is 257 Å². The van der Waals surface area contributed by atoms with Crippen LogP contribution < -0.4 is 4.74 Å².